The molecule has 0 heterocycles. The lowest BCUT2D eigenvalue weighted by Crippen LogP contribution is -2.51. The van der Waals surface area contributed by atoms with Crippen molar-refractivity contribution in [1.82, 2.24) is 10.2 Å². The summed E-state index contributed by atoms with van der Waals surface area (Å²) in [7, 11) is 0. The predicted octanol–water partition coefficient (Wildman–Crippen LogP) is 4.67. The largest absolute Gasteiger partial charge is 0.343 e. The minimum Gasteiger partial charge on any atom is -0.343 e. The molecule has 0 saturated heterocycles. The standard InChI is InChI=1S/C32H38N4O3/c1-3-5-20-36(21-6-4-2)30(37)23-28(33)31(38)35-29(19-16-24-12-8-7-9-13-24)32(39)34-27-18-17-25-14-10-11-15-26(25)22-27/h7-15,17-18,22,28-29H,1-6,16,19-21,23,33H2/p+2. The number of fused-ring (bicyclic) bond motifs is 1. The summed E-state index contributed by atoms with van der Waals surface area (Å²) in [4.78, 5) is 41.0. The zero-order chi connectivity index (χ0) is 28.0. The van der Waals surface area contributed by atoms with Crippen molar-refractivity contribution in [3.63, 3.8) is 0 Å². The Kier molecular flexibility index (Phi) is 11.7. The molecule has 204 valence electrons. The van der Waals surface area contributed by atoms with Crippen molar-refractivity contribution < 1.29 is 14.4 Å². The molecule has 0 radical (unpaired) electrons. The summed E-state index contributed by atoms with van der Waals surface area (Å²) >= 11 is 0. The molecular weight excluding hydrogens is 488 g/mol. The van der Waals surface area contributed by atoms with Crippen LogP contribution >= 0.6 is 0 Å². The van der Waals surface area contributed by atoms with E-state index in [1.807, 2.05) is 72.8 Å². The highest BCUT2D eigenvalue weighted by Gasteiger charge is 2.26. The van der Waals surface area contributed by atoms with Gasteiger partial charge in [0.1, 0.15) is 6.04 Å². The Balaban J connectivity index is 1.68. The van der Waals surface area contributed by atoms with Gasteiger partial charge in [0.2, 0.25) is 17.7 Å². The van der Waals surface area contributed by atoms with E-state index in [2.05, 4.69) is 24.5 Å². The van der Waals surface area contributed by atoms with Crippen molar-refractivity contribution in [2.75, 3.05) is 18.4 Å². The maximum Gasteiger partial charge on any atom is 0.246 e. The lowest BCUT2D eigenvalue weighted by atomic mass is 10.0. The second kappa shape index (κ2) is 15.4. The zero-order valence-corrected chi connectivity index (χ0v) is 22.6. The highest BCUT2D eigenvalue weighted by atomic mass is 16.2. The number of nitrogens with one attached hydrogen (secondary N) is 2. The van der Waals surface area contributed by atoms with Gasteiger partial charge in [0, 0.05) is 31.6 Å². The second-order valence-electron chi connectivity index (χ2n) is 9.74. The number of nitrogens with zero attached hydrogens (tertiary/aromatic N) is 1. The third-order valence-electron chi connectivity index (χ3n) is 6.65. The first-order valence-electron chi connectivity index (χ1n) is 13.7. The van der Waals surface area contributed by atoms with Gasteiger partial charge in [0.25, 0.3) is 0 Å². The van der Waals surface area contributed by atoms with Gasteiger partial charge in [-0.2, -0.15) is 0 Å². The van der Waals surface area contributed by atoms with E-state index in [0.29, 0.717) is 31.6 Å². The lowest BCUT2D eigenvalue weighted by molar-refractivity contribution is -0.135. The van der Waals surface area contributed by atoms with E-state index in [1.54, 1.807) is 4.90 Å². The zero-order valence-electron chi connectivity index (χ0n) is 22.6. The van der Waals surface area contributed by atoms with E-state index in [4.69, 9.17) is 5.73 Å². The van der Waals surface area contributed by atoms with E-state index < -0.39 is 18.0 Å². The van der Waals surface area contributed by atoms with Gasteiger partial charge in [0.05, 0.1) is 39.2 Å². The van der Waals surface area contributed by atoms with Crippen LogP contribution < -0.4 is 16.4 Å². The molecule has 2 unspecified atom stereocenters. The number of carbonyl (C=O) groups excluding carboxylic acids is 3. The molecule has 39 heavy (non-hydrogen) atoms. The first kappa shape index (κ1) is 29.6. The Morgan fingerprint density at radius 1 is 0.821 bits per heavy atom. The van der Waals surface area contributed by atoms with Crippen LogP contribution in [0.4, 0.5) is 5.69 Å². The van der Waals surface area contributed by atoms with Crippen LogP contribution in [0.2, 0.25) is 0 Å². The fourth-order valence-corrected chi connectivity index (χ4v) is 4.38. The summed E-state index contributed by atoms with van der Waals surface area (Å²) in [6.45, 7) is 8.83. The molecule has 7 nitrogen and oxygen atoms in total. The molecule has 2 atom stereocenters. The Hall–Kier alpha value is -3.97. The summed E-state index contributed by atoms with van der Waals surface area (Å²) in [6, 6.07) is 21.5. The van der Waals surface area contributed by atoms with Crippen LogP contribution in [0.1, 0.15) is 44.1 Å². The summed E-state index contributed by atoms with van der Waals surface area (Å²) in [5, 5.41) is 7.82. The number of benzene rings is 3. The molecule has 0 aliphatic rings. The maximum atomic E-state index is 13.3. The molecule has 0 aliphatic carbocycles. The summed E-state index contributed by atoms with van der Waals surface area (Å²) in [6.07, 6.45) is 3.84. The van der Waals surface area contributed by atoms with Crippen LogP contribution in [0.5, 0.6) is 0 Å². The quantitative estimate of drug-likeness (QED) is 0.249. The normalized spacial score (nSPS) is 12.4. The third-order valence-corrected chi connectivity index (χ3v) is 6.65. The molecule has 0 saturated carbocycles. The lowest BCUT2D eigenvalue weighted by Gasteiger charge is -2.24. The van der Waals surface area contributed by atoms with E-state index in [9.17, 15) is 14.4 Å². The molecule has 0 bridgehead atoms. The third kappa shape index (κ3) is 9.37. The Morgan fingerprint density at radius 2 is 1.46 bits per heavy atom. The second-order valence-corrected chi connectivity index (χ2v) is 9.74. The first-order valence-corrected chi connectivity index (χ1v) is 13.7. The Bertz CT molecular complexity index is 1210. The van der Waals surface area contributed by atoms with Crippen molar-refractivity contribution in [2.24, 2.45) is 5.73 Å². The van der Waals surface area contributed by atoms with Crippen LogP contribution in [0.15, 0.2) is 72.8 Å². The molecule has 0 aromatic heterocycles. The summed E-state index contributed by atoms with van der Waals surface area (Å²) < 4.78 is 0. The number of amides is 3. The van der Waals surface area contributed by atoms with Crippen LogP contribution in [0.3, 0.4) is 0 Å². The van der Waals surface area contributed by atoms with Gasteiger partial charge in [-0.25, -0.2) is 0 Å². The van der Waals surface area contributed by atoms with Gasteiger partial charge in [-0.15, -0.1) is 0 Å². The molecule has 0 aliphatic heterocycles. The van der Waals surface area contributed by atoms with Crippen molar-refractivity contribution in [3.05, 3.63) is 92.2 Å². The average molecular weight is 529 g/mol. The van der Waals surface area contributed by atoms with Gasteiger partial charge >= 0.3 is 0 Å². The number of aryl methyl sites for hydroxylation is 1. The molecule has 0 fully saturated rings. The van der Waals surface area contributed by atoms with Gasteiger partial charge < -0.3 is 21.3 Å². The van der Waals surface area contributed by atoms with Crippen molar-refractivity contribution in [3.8, 4) is 0 Å². The number of carbonyl (C=O) groups is 3. The van der Waals surface area contributed by atoms with Crippen LogP contribution in [-0.2, 0) is 20.8 Å². The smallest absolute Gasteiger partial charge is 0.246 e. The molecule has 3 amide bonds. The van der Waals surface area contributed by atoms with Gasteiger partial charge in [-0.1, -0.05) is 60.7 Å². The van der Waals surface area contributed by atoms with Crippen molar-refractivity contribution in [2.45, 2.75) is 57.0 Å². The maximum absolute atomic E-state index is 13.3. The molecule has 7 heteroatoms. The van der Waals surface area contributed by atoms with E-state index in [-0.39, 0.29) is 18.2 Å². The highest BCUT2D eigenvalue weighted by Crippen LogP contribution is 2.19. The van der Waals surface area contributed by atoms with Crippen molar-refractivity contribution in [1.29, 1.82) is 0 Å². The van der Waals surface area contributed by atoms with E-state index >= 15 is 0 Å². The number of rotatable bonds is 15. The van der Waals surface area contributed by atoms with Crippen LogP contribution in [0, 0.1) is 13.8 Å². The topological polar surface area (TPSA) is 105 Å². The fraction of sp³-hybridized carbons (Fsp3) is 0.344. The molecule has 0 spiro atoms. The summed E-state index contributed by atoms with van der Waals surface area (Å²) in [5.41, 5.74) is 7.87. The number of nitrogens with two attached hydrogens (primary N) is 1. The van der Waals surface area contributed by atoms with E-state index in [1.165, 1.54) is 0 Å². The SMILES string of the molecule is [CH2+]CCCN(CCC[CH2+])C(=O)CC(N)C(=O)NC(CCc1ccccc1)C(=O)Nc1ccc2ccccc2c1. The number of anilines is 1. The number of hydrogen-bond donors (Lipinski definition) is 3. The molecule has 3 rings (SSSR count). The molecular formula is C32H40N4O3+2. The molecule has 4 N–H and O–H groups in total. The van der Waals surface area contributed by atoms with Gasteiger partial charge in [-0.05, 0) is 41.3 Å². The number of hydrogen-bond acceptors (Lipinski definition) is 4. The van der Waals surface area contributed by atoms with Crippen molar-refractivity contribution >= 4 is 34.2 Å². The number of unbranched alkanes of at least 4 members (excludes halogenated alkanes) is 2. The predicted molar refractivity (Wildman–Crippen MR) is 158 cm³/mol. The van der Waals surface area contributed by atoms with Gasteiger partial charge in [0.15, 0.2) is 0 Å². The first-order chi connectivity index (χ1) is 18.9. The minimum atomic E-state index is -1.06. The monoisotopic (exact) mass is 528 g/mol. The van der Waals surface area contributed by atoms with E-state index in [0.717, 1.165) is 42.0 Å². The molecule has 3 aromatic rings. The Labute approximate surface area is 232 Å². The highest BCUT2D eigenvalue weighted by molar-refractivity contribution is 6.00. The van der Waals surface area contributed by atoms with Crippen LogP contribution in [-0.4, -0.2) is 47.8 Å². The van der Waals surface area contributed by atoms with Gasteiger partial charge in [-0.3, -0.25) is 14.4 Å². The van der Waals surface area contributed by atoms with Crippen LogP contribution in [0.25, 0.3) is 10.8 Å². The fourth-order valence-electron chi connectivity index (χ4n) is 4.38. The minimum absolute atomic E-state index is 0.127. The average Bonchev–Trinajstić information content (AvgIpc) is 2.95. The summed E-state index contributed by atoms with van der Waals surface area (Å²) in [5.74, 6) is -1.04. The Morgan fingerprint density at radius 3 is 2.13 bits per heavy atom. The molecule has 3 aromatic carbocycles.